The first-order chi connectivity index (χ1) is 8.25. The van der Waals surface area contributed by atoms with Gasteiger partial charge in [-0.25, -0.2) is 0 Å². The summed E-state index contributed by atoms with van der Waals surface area (Å²) in [4.78, 5) is 11.1. The molecule has 17 heavy (non-hydrogen) atoms. The van der Waals surface area contributed by atoms with Crippen molar-refractivity contribution in [1.29, 1.82) is 0 Å². The summed E-state index contributed by atoms with van der Waals surface area (Å²) < 4.78 is 0. The zero-order chi connectivity index (χ0) is 12.1. The van der Waals surface area contributed by atoms with Crippen molar-refractivity contribution in [3.05, 3.63) is 29.8 Å². The Morgan fingerprint density at radius 3 is 2.53 bits per heavy atom. The van der Waals surface area contributed by atoms with Gasteiger partial charge in [0.05, 0.1) is 0 Å². The third-order valence-electron chi connectivity index (χ3n) is 3.23. The minimum absolute atomic E-state index is 0.126. The molecule has 0 aromatic heterocycles. The van der Waals surface area contributed by atoms with E-state index in [1.807, 2.05) is 24.3 Å². The fourth-order valence-corrected chi connectivity index (χ4v) is 3.24. The Hall–Kier alpha value is -0.960. The molecule has 0 aliphatic carbocycles. The topological polar surface area (TPSA) is 29.1 Å². The monoisotopic (exact) mass is 249 g/mol. The third kappa shape index (κ3) is 3.77. The van der Waals surface area contributed by atoms with Gasteiger partial charge >= 0.3 is 0 Å². The van der Waals surface area contributed by atoms with Crippen molar-refractivity contribution in [2.75, 3.05) is 23.4 Å². The highest BCUT2D eigenvalue weighted by atomic mass is 32.2. The van der Waals surface area contributed by atoms with Gasteiger partial charge in [-0.15, -0.1) is 0 Å². The summed E-state index contributed by atoms with van der Waals surface area (Å²) in [5.41, 5.74) is 1.90. The molecule has 92 valence electrons. The van der Waals surface area contributed by atoms with Crippen LogP contribution in [0.2, 0.25) is 0 Å². The smallest absolute Gasteiger partial charge is 0.159 e. The van der Waals surface area contributed by atoms with Gasteiger partial charge in [0.15, 0.2) is 5.78 Å². The Bertz CT molecular complexity index is 368. The fraction of sp³-hybridized carbons (Fsp3) is 0.500. The molecule has 0 saturated carbocycles. The van der Waals surface area contributed by atoms with E-state index in [1.54, 1.807) is 6.92 Å². The molecule has 2 nitrogen and oxygen atoms in total. The molecule has 3 heteroatoms. The number of rotatable bonds is 4. The summed E-state index contributed by atoms with van der Waals surface area (Å²) in [5.74, 6) is 3.54. The van der Waals surface area contributed by atoms with Gasteiger partial charge in [0.1, 0.15) is 0 Å². The SMILES string of the molecule is CC(=O)c1ccc(NCC2CCSCC2)cc1. The van der Waals surface area contributed by atoms with Crippen LogP contribution in [0.4, 0.5) is 5.69 Å². The first-order valence-electron chi connectivity index (χ1n) is 6.18. The second-order valence-electron chi connectivity index (χ2n) is 4.57. The van der Waals surface area contributed by atoms with Crippen molar-refractivity contribution in [1.82, 2.24) is 0 Å². The van der Waals surface area contributed by atoms with E-state index in [2.05, 4.69) is 17.1 Å². The quantitative estimate of drug-likeness (QED) is 0.829. The molecule has 0 amide bonds. The van der Waals surface area contributed by atoms with Crippen molar-refractivity contribution < 1.29 is 4.79 Å². The van der Waals surface area contributed by atoms with Crippen molar-refractivity contribution in [3.8, 4) is 0 Å². The number of thioether (sulfide) groups is 1. The van der Waals surface area contributed by atoms with E-state index in [0.29, 0.717) is 0 Å². The van der Waals surface area contributed by atoms with E-state index in [-0.39, 0.29) is 5.78 Å². The van der Waals surface area contributed by atoms with Gasteiger partial charge in [-0.1, -0.05) is 0 Å². The Labute approximate surface area is 107 Å². The molecule has 1 heterocycles. The zero-order valence-corrected chi connectivity index (χ0v) is 11.1. The van der Waals surface area contributed by atoms with Crippen LogP contribution >= 0.6 is 11.8 Å². The summed E-state index contributed by atoms with van der Waals surface area (Å²) in [6.07, 6.45) is 2.65. The van der Waals surface area contributed by atoms with Gasteiger partial charge in [0.2, 0.25) is 0 Å². The normalized spacial score (nSPS) is 16.8. The largest absolute Gasteiger partial charge is 0.385 e. The van der Waals surface area contributed by atoms with Crippen molar-refractivity contribution in [2.24, 2.45) is 5.92 Å². The maximum atomic E-state index is 11.1. The molecule has 2 rings (SSSR count). The van der Waals surface area contributed by atoms with Crippen LogP contribution in [0.15, 0.2) is 24.3 Å². The highest BCUT2D eigenvalue weighted by Crippen LogP contribution is 2.23. The van der Waals surface area contributed by atoms with E-state index in [1.165, 1.54) is 24.3 Å². The van der Waals surface area contributed by atoms with Crippen LogP contribution in [0.3, 0.4) is 0 Å². The molecular weight excluding hydrogens is 230 g/mol. The number of carbonyl (C=O) groups excluding carboxylic acids is 1. The summed E-state index contributed by atoms with van der Waals surface area (Å²) in [7, 11) is 0. The Kier molecular flexibility index (Phi) is 4.49. The van der Waals surface area contributed by atoms with Crippen LogP contribution in [-0.4, -0.2) is 23.8 Å². The van der Waals surface area contributed by atoms with Crippen LogP contribution in [0.25, 0.3) is 0 Å². The van der Waals surface area contributed by atoms with Crippen LogP contribution in [0.1, 0.15) is 30.1 Å². The lowest BCUT2D eigenvalue weighted by atomic mass is 10.0. The number of carbonyl (C=O) groups is 1. The molecule has 0 atom stereocenters. The molecular formula is C14H19NOS. The number of ketones is 1. The average Bonchev–Trinajstić information content (AvgIpc) is 2.38. The lowest BCUT2D eigenvalue weighted by Crippen LogP contribution is -2.19. The second kappa shape index (κ2) is 6.10. The lowest BCUT2D eigenvalue weighted by Gasteiger charge is -2.22. The summed E-state index contributed by atoms with van der Waals surface area (Å²) in [6, 6.07) is 7.77. The second-order valence-corrected chi connectivity index (χ2v) is 5.79. The highest BCUT2D eigenvalue weighted by molar-refractivity contribution is 7.99. The maximum Gasteiger partial charge on any atom is 0.159 e. The molecule has 0 unspecified atom stereocenters. The van der Waals surface area contributed by atoms with Gasteiger partial charge in [-0.3, -0.25) is 4.79 Å². The molecule has 0 spiro atoms. The minimum Gasteiger partial charge on any atom is -0.385 e. The Morgan fingerprint density at radius 1 is 1.29 bits per heavy atom. The number of Topliss-reactive ketones (excluding diaryl/α,β-unsaturated/α-hetero) is 1. The summed E-state index contributed by atoms with van der Waals surface area (Å²) in [5, 5.41) is 3.46. The lowest BCUT2D eigenvalue weighted by molar-refractivity contribution is 0.101. The van der Waals surface area contributed by atoms with Gasteiger partial charge in [0.25, 0.3) is 0 Å². The first-order valence-corrected chi connectivity index (χ1v) is 7.34. The standard InChI is InChI=1S/C14H19NOS/c1-11(16)13-2-4-14(5-3-13)15-10-12-6-8-17-9-7-12/h2-5,12,15H,6-10H2,1H3. The number of anilines is 1. The zero-order valence-electron chi connectivity index (χ0n) is 10.2. The van der Waals surface area contributed by atoms with Gasteiger partial charge < -0.3 is 5.32 Å². The molecule has 1 fully saturated rings. The van der Waals surface area contributed by atoms with Crippen LogP contribution in [0, 0.1) is 5.92 Å². The van der Waals surface area contributed by atoms with E-state index < -0.39 is 0 Å². The first kappa shape index (κ1) is 12.5. The Morgan fingerprint density at radius 2 is 1.94 bits per heavy atom. The van der Waals surface area contributed by atoms with Gasteiger partial charge in [-0.2, -0.15) is 11.8 Å². The minimum atomic E-state index is 0.126. The van der Waals surface area contributed by atoms with Crippen LogP contribution in [-0.2, 0) is 0 Å². The highest BCUT2D eigenvalue weighted by Gasteiger charge is 2.12. The number of nitrogens with one attached hydrogen (secondary N) is 1. The van der Waals surface area contributed by atoms with Gasteiger partial charge in [0, 0.05) is 17.8 Å². The van der Waals surface area contributed by atoms with Crippen molar-refractivity contribution in [2.45, 2.75) is 19.8 Å². The molecule has 1 N–H and O–H groups in total. The third-order valence-corrected chi connectivity index (χ3v) is 4.28. The maximum absolute atomic E-state index is 11.1. The van der Waals surface area contributed by atoms with E-state index in [9.17, 15) is 4.79 Å². The predicted octanol–water partition coefficient (Wildman–Crippen LogP) is 3.44. The summed E-state index contributed by atoms with van der Waals surface area (Å²) >= 11 is 2.06. The van der Waals surface area contributed by atoms with Crippen LogP contribution < -0.4 is 5.32 Å². The van der Waals surface area contributed by atoms with Crippen molar-refractivity contribution in [3.63, 3.8) is 0 Å². The summed E-state index contributed by atoms with van der Waals surface area (Å²) in [6.45, 7) is 2.65. The Balaban J connectivity index is 1.84. The molecule has 1 saturated heterocycles. The van der Waals surface area contributed by atoms with Gasteiger partial charge in [-0.05, 0) is 61.5 Å². The number of hydrogen-bond donors (Lipinski definition) is 1. The molecule has 0 radical (unpaired) electrons. The predicted molar refractivity (Wildman–Crippen MR) is 75.0 cm³/mol. The fourth-order valence-electron chi connectivity index (χ4n) is 2.04. The molecule has 1 aromatic carbocycles. The number of benzene rings is 1. The molecule has 1 aliphatic heterocycles. The average molecular weight is 249 g/mol. The van der Waals surface area contributed by atoms with Crippen LogP contribution in [0.5, 0.6) is 0 Å². The molecule has 1 aliphatic rings. The van der Waals surface area contributed by atoms with E-state index in [0.717, 1.165) is 23.7 Å². The van der Waals surface area contributed by atoms with E-state index >= 15 is 0 Å². The number of hydrogen-bond acceptors (Lipinski definition) is 3. The molecule has 0 bridgehead atoms. The van der Waals surface area contributed by atoms with Crippen molar-refractivity contribution >= 4 is 23.2 Å². The molecule has 1 aromatic rings. The van der Waals surface area contributed by atoms with E-state index in [4.69, 9.17) is 0 Å².